The van der Waals surface area contributed by atoms with Gasteiger partial charge in [-0.25, -0.2) is 0 Å². The minimum absolute atomic E-state index is 0.241. The summed E-state index contributed by atoms with van der Waals surface area (Å²) in [7, 11) is 0. The van der Waals surface area contributed by atoms with E-state index in [1.165, 1.54) is 0 Å². The molecule has 0 spiro atoms. The number of anilines is 1. The van der Waals surface area contributed by atoms with Gasteiger partial charge in [-0.05, 0) is 16.7 Å². The Balaban J connectivity index is 1.64. The third-order valence-electron chi connectivity index (χ3n) is 4.83. The second kappa shape index (κ2) is 7.34. The van der Waals surface area contributed by atoms with Crippen molar-refractivity contribution < 1.29 is 23.1 Å². The predicted octanol–water partition coefficient (Wildman–Crippen LogP) is 3.62. The van der Waals surface area contributed by atoms with Crippen LogP contribution >= 0.6 is 0 Å². The van der Waals surface area contributed by atoms with Crippen molar-refractivity contribution in [3.8, 4) is 0 Å². The molecule has 6 nitrogen and oxygen atoms in total. The molecule has 0 radical (unpaired) electrons. The fourth-order valence-electron chi connectivity index (χ4n) is 3.48. The van der Waals surface area contributed by atoms with Gasteiger partial charge in [0.15, 0.2) is 5.82 Å². The van der Waals surface area contributed by atoms with Gasteiger partial charge in [-0.3, -0.25) is 14.8 Å². The third kappa shape index (κ3) is 3.74. The number of H-pyrrole nitrogens is 1. The van der Waals surface area contributed by atoms with Crippen LogP contribution in [-0.4, -0.2) is 26.1 Å². The molecular formula is C20H17F3N4O2. The minimum Gasteiger partial charge on any atom is -0.374 e. The summed E-state index contributed by atoms with van der Waals surface area (Å²) >= 11 is 0. The van der Waals surface area contributed by atoms with Gasteiger partial charge >= 0.3 is 6.18 Å². The molecule has 1 amide bonds. The molecule has 150 valence electrons. The van der Waals surface area contributed by atoms with Gasteiger partial charge in [0.2, 0.25) is 5.91 Å². The maximum atomic E-state index is 13.1. The maximum absolute atomic E-state index is 13.1. The van der Waals surface area contributed by atoms with Crippen molar-refractivity contribution in [3.05, 3.63) is 83.0 Å². The van der Waals surface area contributed by atoms with E-state index in [1.54, 1.807) is 47.4 Å². The Morgan fingerprint density at radius 2 is 1.86 bits per heavy atom. The largest absolute Gasteiger partial charge is 0.432 e. The Kier molecular flexibility index (Phi) is 4.85. The van der Waals surface area contributed by atoms with Crippen LogP contribution in [-0.2, 0) is 17.5 Å². The monoisotopic (exact) mass is 402 g/mol. The van der Waals surface area contributed by atoms with E-state index in [4.69, 9.17) is 0 Å². The van der Waals surface area contributed by atoms with E-state index < -0.39 is 30.0 Å². The molecule has 9 heteroatoms. The van der Waals surface area contributed by atoms with Crippen LogP contribution in [0.25, 0.3) is 0 Å². The summed E-state index contributed by atoms with van der Waals surface area (Å²) in [6.45, 7) is 0.318. The first-order valence-electron chi connectivity index (χ1n) is 8.84. The van der Waals surface area contributed by atoms with Crippen molar-refractivity contribution in [2.45, 2.75) is 25.0 Å². The number of aromatic nitrogens is 2. The van der Waals surface area contributed by atoms with Crippen LogP contribution in [0.15, 0.2) is 60.7 Å². The van der Waals surface area contributed by atoms with E-state index in [0.29, 0.717) is 17.7 Å². The molecule has 0 saturated heterocycles. The van der Waals surface area contributed by atoms with Gasteiger partial charge in [0, 0.05) is 12.6 Å². The predicted molar refractivity (Wildman–Crippen MR) is 98.3 cm³/mol. The number of carbonyl (C=O) groups excluding carboxylic acids is 1. The van der Waals surface area contributed by atoms with Crippen molar-refractivity contribution in [1.29, 1.82) is 0 Å². The summed E-state index contributed by atoms with van der Waals surface area (Å²) in [5.41, 5.74) is 1.12. The second-order valence-corrected chi connectivity index (χ2v) is 6.71. The summed E-state index contributed by atoms with van der Waals surface area (Å²) in [5, 5.41) is 18.6. The van der Waals surface area contributed by atoms with Crippen LogP contribution in [0.1, 0.15) is 34.7 Å². The Labute approximate surface area is 164 Å². The molecule has 29 heavy (non-hydrogen) atoms. The zero-order chi connectivity index (χ0) is 20.6. The SMILES string of the molecule is O=C(Nc1cc(C(F)(F)F)[nH]n1)[C@@H](c1ccccc1)N1Cc2ccccc2C1O. The number of aliphatic hydroxyl groups excluding tert-OH is 1. The molecule has 2 atom stereocenters. The molecule has 2 heterocycles. The lowest BCUT2D eigenvalue weighted by molar-refractivity contribution is -0.141. The van der Waals surface area contributed by atoms with Crippen LogP contribution in [0.5, 0.6) is 0 Å². The fourth-order valence-corrected chi connectivity index (χ4v) is 3.48. The first-order chi connectivity index (χ1) is 13.8. The summed E-state index contributed by atoms with van der Waals surface area (Å²) < 4.78 is 38.4. The lowest BCUT2D eigenvalue weighted by atomic mass is 10.0. The van der Waals surface area contributed by atoms with Crippen LogP contribution < -0.4 is 5.32 Å². The minimum atomic E-state index is -4.60. The number of amides is 1. The Hall–Kier alpha value is -3.17. The van der Waals surface area contributed by atoms with Crippen LogP contribution in [0.3, 0.4) is 0 Å². The van der Waals surface area contributed by atoms with Gasteiger partial charge in [-0.15, -0.1) is 0 Å². The first-order valence-corrected chi connectivity index (χ1v) is 8.84. The number of halogens is 3. The number of aromatic amines is 1. The van der Waals surface area contributed by atoms with Gasteiger partial charge in [-0.1, -0.05) is 54.6 Å². The van der Waals surface area contributed by atoms with E-state index in [1.807, 2.05) is 17.2 Å². The van der Waals surface area contributed by atoms with Crippen LogP contribution in [0, 0.1) is 0 Å². The van der Waals surface area contributed by atoms with Crippen molar-refractivity contribution in [1.82, 2.24) is 15.1 Å². The molecular weight excluding hydrogens is 385 g/mol. The number of carbonyl (C=O) groups is 1. The van der Waals surface area contributed by atoms with Crippen molar-refractivity contribution in [2.24, 2.45) is 0 Å². The summed E-state index contributed by atoms with van der Waals surface area (Å²) in [5.74, 6) is -0.835. The highest BCUT2D eigenvalue weighted by Crippen LogP contribution is 2.39. The molecule has 3 N–H and O–H groups in total. The number of fused-ring (bicyclic) bond motifs is 1. The number of rotatable bonds is 4. The highest BCUT2D eigenvalue weighted by molar-refractivity contribution is 5.95. The average Bonchev–Trinajstić information content (AvgIpc) is 3.29. The summed E-state index contributed by atoms with van der Waals surface area (Å²) in [4.78, 5) is 14.6. The van der Waals surface area contributed by atoms with Crippen molar-refractivity contribution in [3.63, 3.8) is 0 Å². The van der Waals surface area contributed by atoms with Crippen molar-refractivity contribution in [2.75, 3.05) is 5.32 Å². The lowest BCUT2D eigenvalue weighted by Crippen LogP contribution is -2.36. The highest BCUT2D eigenvalue weighted by Gasteiger charge is 2.39. The Morgan fingerprint density at radius 1 is 1.17 bits per heavy atom. The summed E-state index contributed by atoms with van der Waals surface area (Å²) in [6, 6.07) is 15.8. The number of hydrogen-bond donors (Lipinski definition) is 3. The second-order valence-electron chi connectivity index (χ2n) is 6.71. The van der Waals surface area contributed by atoms with Gasteiger partial charge < -0.3 is 10.4 Å². The number of hydrogen-bond acceptors (Lipinski definition) is 4. The zero-order valence-electron chi connectivity index (χ0n) is 15.0. The quantitative estimate of drug-likeness (QED) is 0.623. The summed E-state index contributed by atoms with van der Waals surface area (Å²) in [6.07, 6.45) is -5.62. The van der Waals surface area contributed by atoms with Gasteiger partial charge in [0.05, 0.1) is 0 Å². The smallest absolute Gasteiger partial charge is 0.374 e. The molecule has 1 aliphatic rings. The maximum Gasteiger partial charge on any atom is 0.432 e. The normalized spacial score (nSPS) is 17.7. The lowest BCUT2D eigenvalue weighted by Gasteiger charge is -2.29. The average molecular weight is 402 g/mol. The van der Waals surface area contributed by atoms with Gasteiger partial charge in [-0.2, -0.15) is 18.3 Å². The van der Waals surface area contributed by atoms with Crippen LogP contribution in [0.2, 0.25) is 0 Å². The Morgan fingerprint density at radius 3 is 2.52 bits per heavy atom. The topological polar surface area (TPSA) is 81.2 Å². The molecule has 0 aliphatic carbocycles. The zero-order valence-corrected chi connectivity index (χ0v) is 15.0. The number of alkyl halides is 3. The van der Waals surface area contributed by atoms with Gasteiger partial charge in [0.25, 0.3) is 0 Å². The fraction of sp³-hybridized carbons (Fsp3) is 0.200. The van der Waals surface area contributed by atoms with E-state index in [2.05, 4.69) is 10.4 Å². The highest BCUT2D eigenvalue weighted by atomic mass is 19.4. The molecule has 4 rings (SSSR count). The van der Waals surface area contributed by atoms with E-state index in [-0.39, 0.29) is 5.82 Å². The molecule has 0 saturated carbocycles. The van der Waals surface area contributed by atoms with E-state index in [0.717, 1.165) is 11.6 Å². The van der Waals surface area contributed by atoms with Crippen LogP contribution in [0.4, 0.5) is 19.0 Å². The first kappa shape index (κ1) is 19.2. The number of benzene rings is 2. The number of nitrogens with zero attached hydrogens (tertiary/aromatic N) is 2. The van der Waals surface area contributed by atoms with E-state index in [9.17, 15) is 23.1 Å². The van der Waals surface area contributed by atoms with Gasteiger partial charge in [0.1, 0.15) is 18.0 Å². The molecule has 1 unspecified atom stereocenters. The molecule has 2 aromatic carbocycles. The molecule has 1 aliphatic heterocycles. The number of aliphatic hydroxyl groups is 1. The standard InChI is InChI=1S/C20H17F3N4O2/c21-20(22,23)15-10-16(26-25-15)24-18(28)17(12-6-2-1-3-7-12)27-11-13-8-4-5-9-14(13)19(27)29/h1-10,17,19,29H,11H2,(H2,24,25,26,28)/t17-,19?/m1/s1. The molecule has 0 bridgehead atoms. The Bertz CT molecular complexity index is 1020. The molecule has 1 aromatic heterocycles. The third-order valence-corrected chi connectivity index (χ3v) is 4.83. The van der Waals surface area contributed by atoms with Crippen molar-refractivity contribution >= 4 is 11.7 Å². The molecule has 3 aromatic rings. The number of nitrogens with one attached hydrogen (secondary N) is 2. The van der Waals surface area contributed by atoms with E-state index >= 15 is 0 Å². The molecule has 0 fully saturated rings.